The molecule has 0 bridgehead atoms. The van der Waals surface area contributed by atoms with Crippen LogP contribution in [-0.4, -0.2) is 40.9 Å². The van der Waals surface area contributed by atoms with Gasteiger partial charge in [-0.3, -0.25) is 4.99 Å². The fourth-order valence-electron chi connectivity index (χ4n) is 4.92. The topological polar surface area (TPSA) is 15.6 Å². The highest BCUT2D eigenvalue weighted by Gasteiger charge is 2.37. The summed E-state index contributed by atoms with van der Waals surface area (Å²) in [6, 6.07) is 7.34. The molecule has 1 aliphatic carbocycles. The maximum atomic E-state index is 13.3. The lowest BCUT2D eigenvalue weighted by molar-refractivity contribution is -0.146. The molecule has 0 radical (unpaired) electrons. The molecule has 0 aliphatic heterocycles. The molecule has 1 fully saturated rings. The zero-order valence-corrected chi connectivity index (χ0v) is 23.6. The third-order valence-corrected chi connectivity index (χ3v) is 9.18. The second-order valence-electron chi connectivity index (χ2n) is 9.91. The molecule has 0 amide bonds. The summed E-state index contributed by atoms with van der Waals surface area (Å²) >= 11 is 2.14. The summed E-state index contributed by atoms with van der Waals surface area (Å²) in [6.07, 6.45) is 7.31. The Morgan fingerprint density at radius 2 is 1.83 bits per heavy atom. The molecule has 1 aromatic rings. The zero-order valence-electron chi connectivity index (χ0n) is 22.8. The van der Waals surface area contributed by atoms with Crippen molar-refractivity contribution < 1.29 is 13.2 Å². The van der Waals surface area contributed by atoms with Crippen molar-refractivity contribution in [2.45, 2.75) is 103 Å². The second kappa shape index (κ2) is 14.9. The van der Waals surface area contributed by atoms with E-state index in [4.69, 9.17) is 0 Å². The lowest BCUT2D eigenvalue weighted by atomic mass is 9.92. The molecule has 1 aliphatic rings. The van der Waals surface area contributed by atoms with Gasteiger partial charge in [0.15, 0.2) is 0 Å². The smallest absolute Gasteiger partial charge is 0.367 e. The van der Waals surface area contributed by atoms with Gasteiger partial charge >= 0.3 is 6.18 Å². The van der Waals surface area contributed by atoms with E-state index in [2.05, 4.69) is 42.1 Å². The maximum absolute atomic E-state index is 13.3. The van der Waals surface area contributed by atoms with Gasteiger partial charge in [-0.15, -0.1) is 0 Å². The van der Waals surface area contributed by atoms with E-state index >= 15 is 0 Å². The van der Waals surface area contributed by atoms with Crippen molar-refractivity contribution in [3.8, 4) is 0 Å². The molecule has 0 aromatic heterocycles. The lowest BCUT2D eigenvalue weighted by Gasteiger charge is -2.39. The molecule has 0 spiro atoms. The number of alkyl halides is 3. The fourth-order valence-corrected chi connectivity index (χ4v) is 6.54. The normalized spacial score (nSPS) is 20.2. The highest BCUT2D eigenvalue weighted by atomic mass is 32.2. The van der Waals surface area contributed by atoms with Gasteiger partial charge in [-0.2, -0.15) is 24.9 Å². The van der Waals surface area contributed by atoms with Crippen molar-refractivity contribution in [2.24, 2.45) is 10.9 Å². The van der Waals surface area contributed by atoms with E-state index in [0.29, 0.717) is 23.3 Å². The van der Waals surface area contributed by atoms with Crippen LogP contribution in [0.25, 0.3) is 0 Å². The maximum Gasteiger partial charge on any atom is 0.395 e. The van der Waals surface area contributed by atoms with Crippen molar-refractivity contribution in [1.29, 1.82) is 0 Å². The number of hydrogen-bond acceptors (Lipinski definition) is 3. The third kappa shape index (κ3) is 9.00. The first kappa shape index (κ1) is 30.5. The molecule has 2 nitrogen and oxygen atoms in total. The van der Waals surface area contributed by atoms with Crippen LogP contribution in [0.2, 0.25) is 0 Å². The van der Waals surface area contributed by atoms with Crippen LogP contribution in [0.1, 0.15) is 90.2 Å². The molecular weight excluding hydrogens is 477 g/mol. The summed E-state index contributed by atoms with van der Waals surface area (Å²) in [5, 5.41) is 0.715. The van der Waals surface area contributed by atoms with Crippen molar-refractivity contribution in [1.82, 2.24) is 4.90 Å². The average Bonchev–Trinajstić information content (AvgIpc) is 2.87. The van der Waals surface area contributed by atoms with E-state index in [1.54, 1.807) is 24.4 Å². The van der Waals surface area contributed by atoms with E-state index in [1.165, 1.54) is 38.4 Å². The van der Waals surface area contributed by atoms with E-state index < -0.39 is 12.1 Å². The molecule has 2 rings (SSSR count). The van der Waals surface area contributed by atoms with E-state index in [0.717, 1.165) is 42.3 Å². The number of allylic oxidation sites excluding steroid dienone is 1. The quantitative estimate of drug-likeness (QED) is 0.190. The third-order valence-electron chi connectivity index (χ3n) is 7.57. The molecular formula is C30H45F3N2S. The predicted molar refractivity (Wildman–Crippen MR) is 151 cm³/mol. The Morgan fingerprint density at radius 1 is 1.17 bits per heavy atom. The molecule has 0 N–H and O–H groups in total. The summed E-state index contributed by atoms with van der Waals surface area (Å²) in [5.41, 5.74) is 3.02. The summed E-state index contributed by atoms with van der Waals surface area (Å²) in [6.45, 7) is 14.8. The molecule has 6 heteroatoms. The molecule has 1 atom stereocenters. The van der Waals surface area contributed by atoms with Gasteiger partial charge in [0.1, 0.15) is 0 Å². The van der Waals surface area contributed by atoms with Gasteiger partial charge in [0.05, 0.1) is 17.3 Å². The van der Waals surface area contributed by atoms with Gasteiger partial charge in [-0.25, -0.2) is 0 Å². The number of rotatable bonds is 13. The van der Waals surface area contributed by atoms with Crippen molar-refractivity contribution in [2.75, 3.05) is 12.3 Å². The van der Waals surface area contributed by atoms with E-state index in [1.807, 2.05) is 26.0 Å². The minimum Gasteiger partial charge on any atom is -0.367 e. The van der Waals surface area contributed by atoms with Crippen molar-refractivity contribution >= 4 is 18.0 Å². The van der Waals surface area contributed by atoms with Crippen LogP contribution in [0.4, 0.5) is 13.2 Å². The van der Waals surface area contributed by atoms with E-state index in [9.17, 15) is 13.2 Å². The van der Waals surface area contributed by atoms with Gasteiger partial charge < -0.3 is 4.90 Å². The predicted octanol–water partition coefficient (Wildman–Crippen LogP) is 9.19. The Hall–Kier alpha value is -1.69. The van der Waals surface area contributed by atoms with Crippen LogP contribution in [0.15, 0.2) is 53.3 Å². The highest BCUT2D eigenvalue weighted by molar-refractivity contribution is 7.99. The molecule has 1 unspecified atom stereocenters. The van der Waals surface area contributed by atoms with Crippen LogP contribution in [0, 0.1) is 5.92 Å². The average molecular weight is 523 g/mol. The minimum atomic E-state index is -4.23. The molecule has 0 heterocycles. The Balaban J connectivity index is 2.12. The van der Waals surface area contributed by atoms with E-state index in [-0.39, 0.29) is 0 Å². The first-order chi connectivity index (χ1) is 17.1. The van der Waals surface area contributed by atoms with Gasteiger partial charge in [0.25, 0.3) is 0 Å². The van der Waals surface area contributed by atoms with Gasteiger partial charge in [0.2, 0.25) is 0 Å². The lowest BCUT2D eigenvalue weighted by Crippen LogP contribution is -2.39. The number of nitrogens with zero attached hydrogens (tertiary/aromatic N) is 2. The standard InChI is InChI=1S/C30H45F3N2S/c1-7-24(8-2)21-36-28-16-14-27(15-17-28)35(23(6)29(9-3)34-10-4)19-18-25-12-11-13-26(20-25)22(5)30(31,32)33/h9-13,20,22,24,27-28H,6-8,14-19,21H2,1-5H3/b29-9-,34-10?. The largest absolute Gasteiger partial charge is 0.395 e. The molecule has 1 aromatic carbocycles. The van der Waals surface area contributed by atoms with Crippen LogP contribution in [0.5, 0.6) is 0 Å². The van der Waals surface area contributed by atoms with Gasteiger partial charge in [-0.05, 0) is 75.7 Å². The molecule has 1 saturated carbocycles. The summed E-state index contributed by atoms with van der Waals surface area (Å²) in [4.78, 5) is 6.89. The summed E-state index contributed by atoms with van der Waals surface area (Å²) in [7, 11) is 0. The number of aliphatic imine (C=N–C) groups is 1. The Morgan fingerprint density at radius 3 is 2.39 bits per heavy atom. The zero-order chi connectivity index (χ0) is 26.7. The van der Waals surface area contributed by atoms with Crippen LogP contribution in [0.3, 0.4) is 0 Å². The number of halogens is 3. The Labute approximate surface area is 221 Å². The first-order valence-electron chi connectivity index (χ1n) is 13.5. The van der Waals surface area contributed by atoms with Crippen LogP contribution >= 0.6 is 11.8 Å². The molecule has 202 valence electrons. The van der Waals surface area contributed by atoms with Crippen LogP contribution < -0.4 is 0 Å². The van der Waals surface area contributed by atoms with Gasteiger partial charge in [-0.1, -0.05) is 63.6 Å². The number of thioether (sulfide) groups is 1. The minimum absolute atomic E-state index is 0.324. The monoisotopic (exact) mass is 522 g/mol. The van der Waals surface area contributed by atoms with Crippen molar-refractivity contribution in [3.05, 3.63) is 59.4 Å². The molecule has 0 saturated heterocycles. The highest BCUT2D eigenvalue weighted by Crippen LogP contribution is 2.36. The SMILES string of the molecule is C=C(/C(=C/C)N=CC)N(CCc1cccc(C(C)C(F)(F)F)c1)C1CCC(SCC(CC)CC)CC1. The van der Waals surface area contributed by atoms with Crippen molar-refractivity contribution in [3.63, 3.8) is 0 Å². The number of hydrogen-bond donors (Lipinski definition) is 0. The summed E-state index contributed by atoms with van der Waals surface area (Å²) < 4.78 is 39.8. The Bertz CT molecular complexity index is 865. The van der Waals surface area contributed by atoms with Gasteiger partial charge in [0, 0.05) is 24.1 Å². The Kier molecular flexibility index (Phi) is 12.6. The van der Waals surface area contributed by atoms with Crippen LogP contribution in [-0.2, 0) is 6.42 Å². The molecule has 36 heavy (non-hydrogen) atoms. The number of benzene rings is 1. The first-order valence-corrected chi connectivity index (χ1v) is 14.6. The summed E-state index contributed by atoms with van der Waals surface area (Å²) in [5.74, 6) is 0.591. The fraction of sp³-hybridized carbons (Fsp3) is 0.633. The second-order valence-corrected chi connectivity index (χ2v) is 11.2.